The molecule has 0 aliphatic carbocycles. The van der Waals surface area contributed by atoms with E-state index < -0.39 is 0 Å². The summed E-state index contributed by atoms with van der Waals surface area (Å²) < 4.78 is 5.66. The second-order valence-electron chi connectivity index (χ2n) is 6.87. The first-order chi connectivity index (χ1) is 13.6. The summed E-state index contributed by atoms with van der Waals surface area (Å²) in [5.41, 5.74) is 6.58. The third kappa shape index (κ3) is 4.44. The molecule has 0 bridgehead atoms. The number of nitrogens with zero attached hydrogens (tertiary/aromatic N) is 4. The van der Waals surface area contributed by atoms with Crippen LogP contribution in [0.3, 0.4) is 0 Å². The highest BCUT2D eigenvalue weighted by molar-refractivity contribution is 7.13. The van der Waals surface area contributed by atoms with E-state index in [1.54, 1.807) is 12.3 Å². The molecule has 1 amide bonds. The second-order valence-corrected chi connectivity index (χ2v) is 7.77. The molecule has 1 fully saturated rings. The summed E-state index contributed by atoms with van der Waals surface area (Å²) in [4.78, 5) is 28.0. The van der Waals surface area contributed by atoms with Crippen molar-refractivity contribution in [1.29, 1.82) is 0 Å². The molecule has 0 aromatic carbocycles. The zero-order valence-corrected chi connectivity index (χ0v) is 16.4. The van der Waals surface area contributed by atoms with Gasteiger partial charge in [-0.3, -0.25) is 9.69 Å². The molecule has 0 spiro atoms. The molecule has 3 aromatic heterocycles. The van der Waals surface area contributed by atoms with Crippen LogP contribution in [0.2, 0.25) is 0 Å². The predicted molar refractivity (Wildman–Crippen MR) is 108 cm³/mol. The molecule has 1 aliphatic heterocycles. The van der Waals surface area contributed by atoms with Crippen LogP contribution >= 0.6 is 11.3 Å². The lowest BCUT2D eigenvalue weighted by Crippen LogP contribution is -2.43. The largest absolute Gasteiger partial charge is 0.458 e. The third-order valence-corrected chi connectivity index (χ3v) is 5.40. The Labute approximate surface area is 166 Å². The Balaban J connectivity index is 1.55. The molecular weight excluding hydrogens is 376 g/mol. The molecule has 3 aromatic rings. The van der Waals surface area contributed by atoms with E-state index >= 15 is 0 Å². The van der Waals surface area contributed by atoms with E-state index in [4.69, 9.17) is 10.2 Å². The molecule has 4 rings (SSSR count). The molecule has 3 N–H and O–H groups in total. The average molecular weight is 398 g/mol. The Morgan fingerprint density at radius 1 is 1.36 bits per heavy atom. The summed E-state index contributed by atoms with van der Waals surface area (Å²) in [6.45, 7) is 3.85. The normalized spacial score (nSPS) is 15.6. The van der Waals surface area contributed by atoms with Gasteiger partial charge in [0.05, 0.1) is 6.54 Å². The Morgan fingerprint density at radius 3 is 2.86 bits per heavy atom. The van der Waals surface area contributed by atoms with Gasteiger partial charge >= 0.3 is 0 Å². The SMILES string of the molecule is Cc1ccc(-c2nc(NC(=O)CN3CCC(N)CC3)cc(-c3nccs3)n2)o1. The maximum Gasteiger partial charge on any atom is 0.239 e. The van der Waals surface area contributed by atoms with Crippen molar-refractivity contribution in [1.82, 2.24) is 19.9 Å². The minimum atomic E-state index is -0.110. The number of aromatic nitrogens is 3. The fourth-order valence-electron chi connectivity index (χ4n) is 3.13. The standard InChI is InChI=1S/C19H22N6O2S/c1-12-2-3-15(27-12)18-22-14(19-21-6-9-28-19)10-16(24-18)23-17(26)11-25-7-4-13(20)5-8-25/h2-3,6,9-10,13H,4-5,7-8,11,20H2,1H3,(H,22,23,24,26). The number of piperidine rings is 1. The minimum absolute atomic E-state index is 0.110. The second kappa shape index (κ2) is 8.17. The highest BCUT2D eigenvalue weighted by Gasteiger charge is 2.19. The van der Waals surface area contributed by atoms with E-state index in [0.717, 1.165) is 36.7 Å². The number of hydrogen-bond acceptors (Lipinski definition) is 8. The molecule has 1 saturated heterocycles. The molecular formula is C19H22N6O2S. The number of likely N-dealkylation sites (tertiary alicyclic amines) is 1. The molecule has 4 heterocycles. The number of aryl methyl sites for hydroxylation is 1. The Morgan fingerprint density at radius 2 is 2.18 bits per heavy atom. The average Bonchev–Trinajstić information content (AvgIpc) is 3.35. The Kier molecular flexibility index (Phi) is 5.47. The lowest BCUT2D eigenvalue weighted by Gasteiger charge is -2.29. The minimum Gasteiger partial charge on any atom is -0.458 e. The number of nitrogens with one attached hydrogen (secondary N) is 1. The van der Waals surface area contributed by atoms with Crippen LogP contribution in [0.15, 0.2) is 34.2 Å². The van der Waals surface area contributed by atoms with E-state index in [1.165, 1.54) is 11.3 Å². The molecule has 1 aliphatic rings. The molecule has 0 radical (unpaired) electrons. The van der Waals surface area contributed by atoms with Crippen LogP contribution in [0.5, 0.6) is 0 Å². The molecule has 9 heteroatoms. The van der Waals surface area contributed by atoms with Crippen LogP contribution in [-0.4, -0.2) is 51.4 Å². The van der Waals surface area contributed by atoms with Gasteiger partial charge < -0.3 is 15.5 Å². The number of amides is 1. The van der Waals surface area contributed by atoms with Gasteiger partial charge in [0.1, 0.15) is 22.3 Å². The fraction of sp³-hybridized carbons (Fsp3) is 0.368. The lowest BCUT2D eigenvalue weighted by molar-refractivity contribution is -0.117. The van der Waals surface area contributed by atoms with Crippen molar-refractivity contribution < 1.29 is 9.21 Å². The Hall–Kier alpha value is -2.62. The number of hydrogen-bond donors (Lipinski definition) is 2. The van der Waals surface area contributed by atoms with Crippen LogP contribution in [0.4, 0.5) is 5.82 Å². The van der Waals surface area contributed by atoms with Crippen molar-refractivity contribution in [3.63, 3.8) is 0 Å². The molecule has 0 saturated carbocycles. The van der Waals surface area contributed by atoms with Gasteiger partial charge in [-0.15, -0.1) is 11.3 Å². The maximum atomic E-state index is 12.5. The number of thiazole rings is 1. The number of rotatable bonds is 5. The van der Waals surface area contributed by atoms with Crippen molar-refractivity contribution in [2.24, 2.45) is 5.73 Å². The van der Waals surface area contributed by atoms with Crippen LogP contribution in [0, 0.1) is 6.92 Å². The van der Waals surface area contributed by atoms with E-state index in [1.807, 2.05) is 24.4 Å². The van der Waals surface area contributed by atoms with Gasteiger partial charge in [-0.1, -0.05) is 0 Å². The van der Waals surface area contributed by atoms with Crippen LogP contribution < -0.4 is 11.1 Å². The Bertz CT molecular complexity index is 947. The van der Waals surface area contributed by atoms with Crippen LogP contribution in [-0.2, 0) is 4.79 Å². The fourth-order valence-corrected chi connectivity index (χ4v) is 3.73. The highest BCUT2D eigenvalue weighted by Crippen LogP contribution is 2.26. The quantitative estimate of drug-likeness (QED) is 0.679. The summed E-state index contributed by atoms with van der Waals surface area (Å²) in [7, 11) is 0. The zero-order valence-electron chi connectivity index (χ0n) is 15.6. The smallest absolute Gasteiger partial charge is 0.239 e. The van der Waals surface area contributed by atoms with Crippen molar-refractivity contribution >= 4 is 23.1 Å². The van der Waals surface area contributed by atoms with Gasteiger partial charge in [0, 0.05) is 36.8 Å². The van der Waals surface area contributed by atoms with E-state index in [9.17, 15) is 4.79 Å². The number of nitrogens with two attached hydrogens (primary N) is 1. The van der Waals surface area contributed by atoms with Crippen LogP contribution in [0.1, 0.15) is 18.6 Å². The van der Waals surface area contributed by atoms with Gasteiger partial charge in [0.15, 0.2) is 11.6 Å². The maximum absolute atomic E-state index is 12.5. The van der Waals surface area contributed by atoms with Crippen molar-refractivity contribution in [3.05, 3.63) is 35.5 Å². The topological polar surface area (TPSA) is 110 Å². The zero-order chi connectivity index (χ0) is 19.5. The molecule has 0 atom stereocenters. The van der Waals surface area contributed by atoms with Gasteiger partial charge in [-0.25, -0.2) is 15.0 Å². The van der Waals surface area contributed by atoms with Crippen molar-refractivity contribution in [3.8, 4) is 22.3 Å². The van der Waals surface area contributed by atoms with Crippen molar-refractivity contribution in [2.75, 3.05) is 25.0 Å². The summed E-state index contributed by atoms with van der Waals surface area (Å²) in [5.74, 6) is 2.06. The number of furan rings is 1. The molecule has 0 unspecified atom stereocenters. The van der Waals surface area contributed by atoms with Gasteiger partial charge in [-0.2, -0.15) is 0 Å². The predicted octanol–water partition coefficient (Wildman–Crippen LogP) is 2.53. The molecule has 146 valence electrons. The number of anilines is 1. The van der Waals surface area contributed by atoms with Gasteiger partial charge in [0.2, 0.25) is 5.91 Å². The summed E-state index contributed by atoms with van der Waals surface area (Å²) in [6, 6.07) is 5.65. The summed E-state index contributed by atoms with van der Waals surface area (Å²) >= 11 is 1.48. The summed E-state index contributed by atoms with van der Waals surface area (Å²) in [5, 5.41) is 5.53. The first kappa shape index (κ1) is 18.7. The highest BCUT2D eigenvalue weighted by atomic mass is 32.1. The van der Waals surface area contributed by atoms with Gasteiger partial charge in [0.25, 0.3) is 0 Å². The van der Waals surface area contributed by atoms with E-state index in [0.29, 0.717) is 29.6 Å². The van der Waals surface area contributed by atoms with Gasteiger partial charge in [-0.05, 0) is 31.9 Å². The first-order valence-electron chi connectivity index (χ1n) is 9.20. The van der Waals surface area contributed by atoms with E-state index in [-0.39, 0.29) is 11.9 Å². The molecule has 28 heavy (non-hydrogen) atoms. The summed E-state index contributed by atoms with van der Waals surface area (Å²) in [6.07, 6.45) is 3.55. The number of carbonyl (C=O) groups is 1. The number of carbonyl (C=O) groups excluding carboxylic acids is 1. The third-order valence-electron chi connectivity index (χ3n) is 4.61. The van der Waals surface area contributed by atoms with Crippen LogP contribution in [0.25, 0.3) is 22.3 Å². The first-order valence-corrected chi connectivity index (χ1v) is 10.1. The van der Waals surface area contributed by atoms with Crippen molar-refractivity contribution in [2.45, 2.75) is 25.8 Å². The lowest BCUT2D eigenvalue weighted by atomic mass is 10.1. The van der Waals surface area contributed by atoms with E-state index in [2.05, 4.69) is 25.2 Å². The molecule has 8 nitrogen and oxygen atoms in total. The monoisotopic (exact) mass is 398 g/mol.